The third-order valence-corrected chi connectivity index (χ3v) is 3.55. The van der Waals surface area contributed by atoms with Gasteiger partial charge in [-0.25, -0.2) is 9.48 Å². The van der Waals surface area contributed by atoms with Gasteiger partial charge in [0.25, 0.3) is 0 Å². The maximum Gasteiger partial charge on any atom is 0.348 e. The van der Waals surface area contributed by atoms with Crippen LogP contribution in [0.3, 0.4) is 0 Å². The molecule has 8 heteroatoms. The van der Waals surface area contributed by atoms with Gasteiger partial charge in [-0.3, -0.25) is 4.79 Å². The van der Waals surface area contributed by atoms with E-state index in [-0.39, 0.29) is 18.4 Å². The molecule has 2 rings (SSSR count). The second kappa shape index (κ2) is 6.29. The summed E-state index contributed by atoms with van der Waals surface area (Å²) in [5.41, 5.74) is 0.782. The van der Waals surface area contributed by atoms with Gasteiger partial charge in [0.1, 0.15) is 11.4 Å². The monoisotopic (exact) mass is 294 g/mol. The van der Waals surface area contributed by atoms with Crippen molar-refractivity contribution in [3.8, 4) is 0 Å². The lowest BCUT2D eigenvalue weighted by Crippen LogP contribution is -2.18. The maximum atomic E-state index is 11.8. The third kappa shape index (κ3) is 3.41. The Labute approximate surface area is 119 Å². The first-order valence-corrected chi connectivity index (χ1v) is 6.83. The summed E-state index contributed by atoms with van der Waals surface area (Å²) in [6.45, 7) is 3.95. The van der Waals surface area contributed by atoms with E-state index in [0.717, 1.165) is 5.56 Å². The van der Waals surface area contributed by atoms with Gasteiger partial charge in [0.15, 0.2) is 0 Å². The highest BCUT2D eigenvalue weighted by Crippen LogP contribution is 2.27. The summed E-state index contributed by atoms with van der Waals surface area (Å²) in [6.07, 6.45) is 3.10. The number of esters is 1. The molecule has 2 aromatic heterocycles. The molecule has 2 aromatic rings. The fourth-order valence-corrected chi connectivity index (χ4v) is 2.57. The Bertz CT molecular complexity index is 606. The molecule has 0 bridgehead atoms. The molecule has 0 aromatic carbocycles. The van der Waals surface area contributed by atoms with Crippen molar-refractivity contribution in [2.24, 2.45) is 0 Å². The quantitative estimate of drug-likeness (QED) is 0.844. The Hall–Kier alpha value is -2.22. The normalized spacial score (nSPS) is 10.3. The minimum absolute atomic E-state index is 0.0751. The molecule has 0 saturated carbocycles. The van der Waals surface area contributed by atoms with Gasteiger partial charge in [-0.05, 0) is 25.5 Å². The van der Waals surface area contributed by atoms with Gasteiger partial charge < -0.3 is 10.1 Å². The van der Waals surface area contributed by atoms with Gasteiger partial charge in [-0.2, -0.15) is 0 Å². The predicted octanol–water partition coefficient (Wildman–Crippen LogP) is 1.46. The molecular weight excluding hydrogens is 280 g/mol. The molecule has 0 fully saturated rings. The van der Waals surface area contributed by atoms with Crippen molar-refractivity contribution in [3.63, 3.8) is 0 Å². The highest BCUT2D eigenvalue weighted by atomic mass is 32.1. The van der Waals surface area contributed by atoms with Crippen molar-refractivity contribution < 1.29 is 14.3 Å². The van der Waals surface area contributed by atoms with E-state index in [1.165, 1.54) is 22.2 Å². The van der Waals surface area contributed by atoms with Crippen molar-refractivity contribution in [1.82, 2.24) is 15.0 Å². The SMILES string of the molecule is CCOC(=O)c1sc(NC(=O)Cn2ccnn2)cc1C. The number of ether oxygens (including phenoxy) is 1. The average molecular weight is 294 g/mol. The van der Waals surface area contributed by atoms with E-state index in [9.17, 15) is 9.59 Å². The molecule has 0 aliphatic rings. The number of nitrogens with zero attached hydrogens (tertiary/aromatic N) is 3. The van der Waals surface area contributed by atoms with Crippen LogP contribution in [-0.2, 0) is 16.1 Å². The first-order valence-electron chi connectivity index (χ1n) is 6.01. The van der Waals surface area contributed by atoms with E-state index >= 15 is 0 Å². The molecule has 0 atom stereocenters. The Morgan fingerprint density at radius 1 is 1.50 bits per heavy atom. The van der Waals surface area contributed by atoms with E-state index in [2.05, 4.69) is 15.6 Å². The van der Waals surface area contributed by atoms with Crippen LogP contribution in [0.2, 0.25) is 0 Å². The van der Waals surface area contributed by atoms with Crippen LogP contribution in [0.1, 0.15) is 22.2 Å². The number of carbonyl (C=O) groups excluding carboxylic acids is 2. The lowest BCUT2D eigenvalue weighted by atomic mass is 10.3. The maximum absolute atomic E-state index is 11.8. The van der Waals surface area contributed by atoms with Crippen LogP contribution in [0.5, 0.6) is 0 Å². The number of aromatic nitrogens is 3. The van der Waals surface area contributed by atoms with Gasteiger partial charge in [0.2, 0.25) is 5.91 Å². The summed E-state index contributed by atoms with van der Waals surface area (Å²) < 4.78 is 6.37. The van der Waals surface area contributed by atoms with Crippen LogP contribution in [-0.4, -0.2) is 33.5 Å². The van der Waals surface area contributed by atoms with Gasteiger partial charge in [0.05, 0.1) is 17.8 Å². The van der Waals surface area contributed by atoms with Crippen LogP contribution >= 0.6 is 11.3 Å². The molecule has 7 nitrogen and oxygen atoms in total. The fraction of sp³-hybridized carbons (Fsp3) is 0.333. The van der Waals surface area contributed by atoms with Gasteiger partial charge >= 0.3 is 5.97 Å². The molecule has 1 amide bonds. The molecule has 1 N–H and O–H groups in total. The summed E-state index contributed by atoms with van der Waals surface area (Å²) in [7, 11) is 0. The van der Waals surface area contributed by atoms with E-state index in [4.69, 9.17) is 4.74 Å². The Balaban J connectivity index is 2.01. The lowest BCUT2D eigenvalue weighted by molar-refractivity contribution is -0.116. The van der Waals surface area contributed by atoms with Gasteiger partial charge in [0, 0.05) is 6.20 Å². The molecule has 0 aliphatic carbocycles. The van der Waals surface area contributed by atoms with Crippen molar-refractivity contribution in [2.75, 3.05) is 11.9 Å². The zero-order valence-corrected chi connectivity index (χ0v) is 11.9. The summed E-state index contributed by atoms with van der Waals surface area (Å²) >= 11 is 1.20. The average Bonchev–Trinajstić information content (AvgIpc) is 2.99. The summed E-state index contributed by atoms with van der Waals surface area (Å²) in [5, 5.41) is 10.7. The molecular formula is C12H14N4O3S. The van der Waals surface area contributed by atoms with Crippen molar-refractivity contribution in [1.29, 1.82) is 0 Å². The zero-order chi connectivity index (χ0) is 14.5. The highest BCUT2D eigenvalue weighted by molar-refractivity contribution is 7.18. The van der Waals surface area contributed by atoms with E-state index in [1.807, 2.05) is 0 Å². The molecule has 2 heterocycles. The number of hydrogen-bond acceptors (Lipinski definition) is 6. The molecule has 0 unspecified atom stereocenters. The van der Waals surface area contributed by atoms with Crippen molar-refractivity contribution >= 4 is 28.2 Å². The van der Waals surface area contributed by atoms with Crippen LogP contribution in [0.4, 0.5) is 5.00 Å². The fourth-order valence-electron chi connectivity index (χ4n) is 1.58. The molecule has 0 spiro atoms. The van der Waals surface area contributed by atoms with E-state index < -0.39 is 0 Å². The summed E-state index contributed by atoms with van der Waals surface area (Å²) in [6, 6.07) is 1.75. The summed E-state index contributed by atoms with van der Waals surface area (Å²) in [5.74, 6) is -0.598. The largest absolute Gasteiger partial charge is 0.462 e. The smallest absolute Gasteiger partial charge is 0.348 e. The minimum Gasteiger partial charge on any atom is -0.462 e. The Kier molecular flexibility index (Phi) is 4.46. The van der Waals surface area contributed by atoms with Crippen LogP contribution in [0, 0.1) is 6.92 Å². The van der Waals surface area contributed by atoms with E-state index in [0.29, 0.717) is 16.5 Å². The standard InChI is InChI=1S/C12H14N4O3S/c1-3-19-12(18)11-8(2)6-10(20-11)14-9(17)7-16-5-4-13-15-16/h4-6H,3,7H2,1-2H3,(H,14,17). The number of carbonyl (C=O) groups is 2. The Morgan fingerprint density at radius 2 is 2.30 bits per heavy atom. The topological polar surface area (TPSA) is 86.1 Å². The lowest BCUT2D eigenvalue weighted by Gasteiger charge is -2.01. The number of amides is 1. The number of rotatable bonds is 5. The Morgan fingerprint density at radius 3 is 2.95 bits per heavy atom. The number of nitrogens with one attached hydrogen (secondary N) is 1. The second-order valence-corrected chi connectivity index (χ2v) is 5.04. The highest BCUT2D eigenvalue weighted by Gasteiger charge is 2.15. The number of thiophene rings is 1. The molecule has 0 aliphatic heterocycles. The number of aryl methyl sites for hydroxylation is 1. The molecule has 0 saturated heterocycles. The molecule has 20 heavy (non-hydrogen) atoms. The first-order chi connectivity index (χ1) is 9.60. The zero-order valence-electron chi connectivity index (χ0n) is 11.1. The van der Waals surface area contributed by atoms with Crippen molar-refractivity contribution in [2.45, 2.75) is 20.4 Å². The number of hydrogen-bond donors (Lipinski definition) is 1. The predicted molar refractivity (Wildman–Crippen MR) is 73.7 cm³/mol. The van der Waals surface area contributed by atoms with Gasteiger partial charge in [-0.1, -0.05) is 5.21 Å². The first kappa shape index (κ1) is 14.2. The van der Waals surface area contributed by atoms with Crippen molar-refractivity contribution in [3.05, 3.63) is 28.9 Å². The number of anilines is 1. The third-order valence-electron chi connectivity index (χ3n) is 2.42. The van der Waals surface area contributed by atoms with Crippen LogP contribution < -0.4 is 5.32 Å². The van der Waals surface area contributed by atoms with Crippen LogP contribution in [0.15, 0.2) is 18.5 Å². The minimum atomic E-state index is -0.369. The summed E-state index contributed by atoms with van der Waals surface area (Å²) in [4.78, 5) is 24.0. The molecule has 106 valence electrons. The van der Waals surface area contributed by atoms with Crippen LogP contribution in [0.25, 0.3) is 0 Å². The second-order valence-electron chi connectivity index (χ2n) is 3.99. The van der Waals surface area contributed by atoms with E-state index in [1.54, 1.807) is 26.1 Å². The molecule has 0 radical (unpaired) electrons. The van der Waals surface area contributed by atoms with Gasteiger partial charge in [-0.15, -0.1) is 16.4 Å².